The van der Waals surface area contributed by atoms with Gasteiger partial charge in [-0.05, 0) is 26.2 Å². The number of carbonyl (C=O) groups is 1. The van der Waals surface area contributed by atoms with Gasteiger partial charge in [0.15, 0.2) is 0 Å². The maximum absolute atomic E-state index is 11.8. The Balaban J connectivity index is 2.33. The van der Waals surface area contributed by atoms with Crippen molar-refractivity contribution < 1.29 is 4.79 Å². The van der Waals surface area contributed by atoms with Crippen LogP contribution >= 0.6 is 0 Å². The summed E-state index contributed by atoms with van der Waals surface area (Å²) in [6, 6.07) is 1.36. The van der Waals surface area contributed by atoms with Crippen LogP contribution in [-0.2, 0) is 4.79 Å². The molecule has 3 N–H and O–H groups in total. The maximum Gasteiger partial charge on any atom is 0.251 e. The fourth-order valence-corrected chi connectivity index (χ4v) is 2.43. The smallest absolute Gasteiger partial charge is 0.251 e. The predicted octanol–water partition coefficient (Wildman–Crippen LogP) is 0.0906. The van der Waals surface area contributed by atoms with Crippen LogP contribution in [-0.4, -0.2) is 33.9 Å². The number of amides is 1. The molecule has 1 atom stereocenters. The van der Waals surface area contributed by atoms with Crippen molar-refractivity contribution >= 4 is 5.91 Å². The van der Waals surface area contributed by atoms with Crippen LogP contribution in [0.4, 0.5) is 0 Å². The van der Waals surface area contributed by atoms with E-state index in [9.17, 15) is 9.59 Å². The van der Waals surface area contributed by atoms with Gasteiger partial charge in [-0.3, -0.25) is 9.59 Å². The van der Waals surface area contributed by atoms with Crippen molar-refractivity contribution in [3.63, 3.8) is 0 Å². The molecule has 6 heteroatoms. The summed E-state index contributed by atoms with van der Waals surface area (Å²) < 4.78 is 0. The van der Waals surface area contributed by atoms with E-state index in [4.69, 9.17) is 5.73 Å². The van der Waals surface area contributed by atoms with Gasteiger partial charge in [-0.2, -0.15) is 0 Å². The Morgan fingerprint density at radius 1 is 1.61 bits per heavy atom. The number of nitrogens with zero attached hydrogens (tertiary/aromatic N) is 2. The minimum Gasteiger partial charge on any atom is -0.333 e. The SMILES string of the molecule is Cc1nc(C2CCCCN2C(=O)CN)cc(=O)[nH]1. The van der Waals surface area contributed by atoms with Gasteiger partial charge in [-0.15, -0.1) is 0 Å². The molecule has 2 rings (SSSR count). The minimum atomic E-state index is -0.178. The first kappa shape index (κ1) is 12.8. The highest BCUT2D eigenvalue weighted by molar-refractivity contribution is 5.78. The first-order valence-corrected chi connectivity index (χ1v) is 6.19. The zero-order chi connectivity index (χ0) is 13.1. The molecule has 1 saturated heterocycles. The molecular weight excluding hydrogens is 232 g/mol. The molecule has 1 aromatic rings. The number of carbonyl (C=O) groups excluding carboxylic acids is 1. The molecular formula is C12H18N4O2. The van der Waals surface area contributed by atoms with Crippen molar-refractivity contribution in [2.24, 2.45) is 5.73 Å². The van der Waals surface area contributed by atoms with E-state index < -0.39 is 0 Å². The van der Waals surface area contributed by atoms with Gasteiger partial charge in [0, 0.05) is 12.6 Å². The lowest BCUT2D eigenvalue weighted by molar-refractivity contribution is -0.133. The Morgan fingerprint density at radius 2 is 2.39 bits per heavy atom. The van der Waals surface area contributed by atoms with Crippen molar-refractivity contribution in [3.8, 4) is 0 Å². The van der Waals surface area contributed by atoms with E-state index in [0.717, 1.165) is 19.3 Å². The molecule has 98 valence electrons. The molecule has 18 heavy (non-hydrogen) atoms. The molecule has 1 amide bonds. The molecule has 0 aliphatic carbocycles. The normalized spacial score (nSPS) is 19.9. The molecule has 0 radical (unpaired) electrons. The average Bonchev–Trinajstić information content (AvgIpc) is 2.36. The molecule has 0 aromatic carbocycles. The number of rotatable bonds is 2. The van der Waals surface area contributed by atoms with Crippen LogP contribution in [0.1, 0.15) is 36.8 Å². The first-order valence-electron chi connectivity index (χ1n) is 6.19. The third kappa shape index (κ3) is 2.59. The molecule has 0 spiro atoms. The number of aromatic nitrogens is 2. The van der Waals surface area contributed by atoms with Gasteiger partial charge in [0.1, 0.15) is 5.82 Å². The summed E-state index contributed by atoms with van der Waals surface area (Å²) >= 11 is 0. The largest absolute Gasteiger partial charge is 0.333 e. The molecule has 0 bridgehead atoms. The third-order valence-corrected chi connectivity index (χ3v) is 3.22. The number of aromatic amines is 1. The van der Waals surface area contributed by atoms with Crippen molar-refractivity contribution in [2.45, 2.75) is 32.2 Å². The van der Waals surface area contributed by atoms with E-state index >= 15 is 0 Å². The topological polar surface area (TPSA) is 92.1 Å². The van der Waals surface area contributed by atoms with Crippen LogP contribution < -0.4 is 11.3 Å². The number of H-pyrrole nitrogens is 1. The van der Waals surface area contributed by atoms with Crippen LogP contribution in [0.5, 0.6) is 0 Å². The molecule has 6 nitrogen and oxygen atoms in total. The van der Waals surface area contributed by atoms with Crippen molar-refractivity contribution in [1.82, 2.24) is 14.9 Å². The molecule has 1 fully saturated rings. The van der Waals surface area contributed by atoms with Gasteiger partial charge < -0.3 is 15.6 Å². The van der Waals surface area contributed by atoms with Crippen LogP contribution in [0, 0.1) is 6.92 Å². The number of aryl methyl sites for hydroxylation is 1. The number of hydrogen-bond acceptors (Lipinski definition) is 4. The van der Waals surface area contributed by atoms with E-state index in [1.54, 1.807) is 11.8 Å². The van der Waals surface area contributed by atoms with Crippen molar-refractivity contribution in [3.05, 3.63) is 27.9 Å². The maximum atomic E-state index is 11.8. The number of nitrogens with two attached hydrogens (primary N) is 1. The van der Waals surface area contributed by atoms with Gasteiger partial charge in [-0.25, -0.2) is 4.98 Å². The summed E-state index contributed by atoms with van der Waals surface area (Å²) in [5.41, 5.74) is 5.91. The highest BCUT2D eigenvalue weighted by Crippen LogP contribution is 2.28. The monoisotopic (exact) mass is 250 g/mol. The number of likely N-dealkylation sites (tertiary alicyclic amines) is 1. The lowest BCUT2D eigenvalue weighted by Crippen LogP contribution is -2.42. The Hall–Kier alpha value is -1.69. The van der Waals surface area contributed by atoms with Crippen LogP contribution in [0.25, 0.3) is 0 Å². The summed E-state index contributed by atoms with van der Waals surface area (Å²) in [4.78, 5) is 32.0. The Kier molecular flexibility index (Phi) is 3.76. The summed E-state index contributed by atoms with van der Waals surface area (Å²) in [6.45, 7) is 2.43. The van der Waals surface area contributed by atoms with E-state index in [0.29, 0.717) is 18.1 Å². The highest BCUT2D eigenvalue weighted by atomic mass is 16.2. The standard InChI is InChI=1S/C12H18N4O2/c1-8-14-9(6-11(17)15-8)10-4-2-3-5-16(10)12(18)7-13/h6,10H,2-5,7,13H2,1H3,(H,14,15,17). The van der Waals surface area contributed by atoms with Crippen molar-refractivity contribution in [1.29, 1.82) is 0 Å². The third-order valence-electron chi connectivity index (χ3n) is 3.22. The van der Waals surface area contributed by atoms with Gasteiger partial charge in [0.2, 0.25) is 5.91 Å². The van der Waals surface area contributed by atoms with Crippen molar-refractivity contribution in [2.75, 3.05) is 13.1 Å². The van der Waals surface area contributed by atoms with Crippen LogP contribution in [0.15, 0.2) is 10.9 Å². The Bertz CT molecular complexity index is 497. The Labute approximate surface area is 105 Å². The second-order valence-electron chi connectivity index (χ2n) is 4.56. The van der Waals surface area contributed by atoms with Gasteiger partial charge >= 0.3 is 0 Å². The van der Waals surface area contributed by atoms with E-state index in [1.807, 2.05) is 0 Å². The summed E-state index contributed by atoms with van der Waals surface area (Å²) in [7, 11) is 0. The summed E-state index contributed by atoms with van der Waals surface area (Å²) in [5.74, 6) is 0.489. The molecule has 1 aromatic heterocycles. The number of piperidine rings is 1. The minimum absolute atomic E-state index is 0.00132. The highest BCUT2D eigenvalue weighted by Gasteiger charge is 2.28. The average molecular weight is 250 g/mol. The number of nitrogens with one attached hydrogen (secondary N) is 1. The second-order valence-corrected chi connectivity index (χ2v) is 4.56. The zero-order valence-corrected chi connectivity index (χ0v) is 10.5. The van der Waals surface area contributed by atoms with Gasteiger partial charge in [0.05, 0.1) is 18.3 Å². The fourth-order valence-electron chi connectivity index (χ4n) is 2.43. The molecule has 1 aliphatic heterocycles. The van der Waals surface area contributed by atoms with E-state index in [-0.39, 0.29) is 24.1 Å². The van der Waals surface area contributed by atoms with Crippen LogP contribution in [0.2, 0.25) is 0 Å². The summed E-state index contributed by atoms with van der Waals surface area (Å²) in [5, 5.41) is 0. The summed E-state index contributed by atoms with van der Waals surface area (Å²) in [6.07, 6.45) is 2.85. The Morgan fingerprint density at radius 3 is 3.06 bits per heavy atom. The lowest BCUT2D eigenvalue weighted by Gasteiger charge is -2.35. The molecule has 2 heterocycles. The molecule has 1 unspecified atom stereocenters. The van der Waals surface area contributed by atoms with E-state index in [2.05, 4.69) is 9.97 Å². The van der Waals surface area contributed by atoms with Crippen LogP contribution in [0.3, 0.4) is 0 Å². The first-order chi connectivity index (χ1) is 8.61. The lowest BCUT2D eigenvalue weighted by atomic mass is 9.99. The van der Waals surface area contributed by atoms with Gasteiger partial charge in [0.25, 0.3) is 5.56 Å². The van der Waals surface area contributed by atoms with E-state index in [1.165, 1.54) is 6.07 Å². The molecule has 0 saturated carbocycles. The number of hydrogen-bond donors (Lipinski definition) is 2. The predicted molar refractivity (Wildman–Crippen MR) is 67.0 cm³/mol. The second kappa shape index (κ2) is 5.30. The quantitative estimate of drug-likeness (QED) is 0.778. The zero-order valence-electron chi connectivity index (χ0n) is 10.5. The molecule has 1 aliphatic rings. The fraction of sp³-hybridized carbons (Fsp3) is 0.583. The van der Waals surface area contributed by atoms with Gasteiger partial charge in [-0.1, -0.05) is 0 Å².